The summed E-state index contributed by atoms with van der Waals surface area (Å²) in [7, 11) is 0. The van der Waals surface area contributed by atoms with Crippen molar-refractivity contribution in [1.82, 2.24) is 0 Å². The van der Waals surface area contributed by atoms with Gasteiger partial charge in [0.15, 0.2) is 0 Å². The van der Waals surface area contributed by atoms with Crippen LogP contribution in [0.2, 0.25) is 0 Å². The molecule has 0 bridgehead atoms. The smallest absolute Gasteiger partial charge is 0.0176 e. The minimum absolute atomic E-state index is 0.683. The van der Waals surface area contributed by atoms with Crippen LogP contribution < -0.4 is 0 Å². The van der Waals surface area contributed by atoms with Crippen LogP contribution in [0, 0.1) is 11.8 Å². The Balaban J connectivity index is 3.84. The molecule has 1 atom stereocenters. The first kappa shape index (κ1) is 9.48. The van der Waals surface area contributed by atoms with Gasteiger partial charge in [0.2, 0.25) is 0 Å². The van der Waals surface area contributed by atoms with Gasteiger partial charge in [-0.15, -0.1) is 6.58 Å². The Labute approximate surface area is 64.6 Å². The first-order valence-electron chi connectivity index (χ1n) is 3.96. The van der Waals surface area contributed by atoms with Gasteiger partial charge < -0.3 is 0 Å². The molecule has 0 N–H and O–H groups in total. The van der Waals surface area contributed by atoms with Crippen LogP contribution in [-0.4, -0.2) is 0 Å². The Morgan fingerprint density at radius 3 is 2.30 bits per heavy atom. The molecule has 0 aliphatic carbocycles. The zero-order valence-electron chi connectivity index (χ0n) is 7.30. The van der Waals surface area contributed by atoms with E-state index in [-0.39, 0.29) is 0 Å². The predicted molar refractivity (Wildman–Crippen MR) is 48.0 cm³/mol. The number of rotatable bonds is 4. The fraction of sp³-hybridized carbons (Fsp3) is 0.600. The summed E-state index contributed by atoms with van der Waals surface area (Å²) in [5, 5.41) is 0. The minimum Gasteiger partial charge on any atom is -0.103 e. The number of hydrogen-bond donors (Lipinski definition) is 0. The third-order valence-electron chi connectivity index (χ3n) is 1.73. The zero-order valence-corrected chi connectivity index (χ0v) is 7.30. The topological polar surface area (TPSA) is 0 Å². The second-order valence-electron chi connectivity index (χ2n) is 2.96. The van der Waals surface area contributed by atoms with Gasteiger partial charge in [-0.25, -0.2) is 0 Å². The lowest BCUT2D eigenvalue weighted by atomic mass is 9.92. The zero-order chi connectivity index (χ0) is 7.98. The van der Waals surface area contributed by atoms with Crippen molar-refractivity contribution >= 4 is 0 Å². The Morgan fingerprint density at radius 1 is 1.40 bits per heavy atom. The molecule has 0 aromatic heterocycles. The van der Waals surface area contributed by atoms with E-state index in [1.165, 1.54) is 0 Å². The van der Waals surface area contributed by atoms with E-state index in [2.05, 4.69) is 39.5 Å². The normalized spacial score (nSPS) is 14.4. The monoisotopic (exact) mass is 138 g/mol. The summed E-state index contributed by atoms with van der Waals surface area (Å²) < 4.78 is 0. The van der Waals surface area contributed by atoms with Gasteiger partial charge in [-0.05, 0) is 25.2 Å². The van der Waals surface area contributed by atoms with E-state index in [0.29, 0.717) is 5.92 Å². The minimum atomic E-state index is 0.683. The summed E-state index contributed by atoms with van der Waals surface area (Å²) in [5.74, 6) is 1.41. The van der Waals surface area contributed by atoms with E-state index in [0.717, 1.165) is 12.3 Å². The van der Waals surface area contributed by atoms with E-state index in [9.17, 15) is 0 Å². The van der Waals surface area contributed by atoms with Crippen molar-refractivity contribution in [3.63, 3.8) is 0 Å². The maximum atomic E-state index is 3.73. The number of allylic oxidation sites excluding steroid dienone is 3. The third-order valence-corrected chi connectivity index (χ3v) is 1.73. The van der Waals surface area contributed by atoms with Gasteiger partial charge in [-0.3, -0.25) is 0 Å². The van der Waals surface area contributed by atoms with E-state index in [4.69, 9.17) is 0 Å². The molecule has 0 saturated carbocycles. The van der Waals surface area contributed by atoms with Crippen LogP contribution in [0.5, 0.6) is 0 Å². The predicted octanol–water partition coefficient (Wildman–Crippen LogP) is 3.41. The van der Waals surface area contributed by atoms with E-state index in [1.807, 2.05) is 6.08 Å². The highest BCUT2D eigenvalue weighted by atomic mass is 14.1. The highest BCUT2D eigenvalue weighted by Crippen LogP contribution is 2.16. The summed E-state index contributed by atoms with van der Waals surface area (Å²) in [4.78, 5) is 0. The van der Waals surface area contributed by atoms with E-state index in [1.54, 1.807) is 0 Å². The molecule has 0 nitrogen and oxygen atoms in total. The molecule has 10 heavy (non-hydrogen) atoms. The molecule has 0 saturated heterocycles. The molecule has 0 spiro atoms. The average molecular weight is 138 g/mol. The molecule has 58 valence electrons. The molecular weight excluding hydrogens is 120 g/mol. The third kappa shape index (κ3) is 3.49. The Bertz CT molecular complexity index is 109. The second-order valence-corrected chi connectivity index (χ2v) is 2.96. The Kier molecular flexibility index (Phi) is 5.00. The molecule has 0 fully saturated rings. The quantitative estimate of drug-likeness (QED) is 0.522. The molecule has 0 radical (unpaired) electrons. The van der Waals surface area contributed by atoms with Crippen molar-refractivity contribution in [2.24, 2.45) is 11.8 Å². The molecule has 0 aliphatic heterocycles. The standard InChI is InChI=1S/C10H18/c1-5-7-10(8-6-2)9(3)4/h5-6,8-10H,1,7H2,2-4H3/b8-6+/t10-/m1/s1. The number of hydrogen-bond acceptors (Lipinski definition) is 0. The van der Waals surface area contributed by atoms with E-state index >= 15 is 0 Å². The van der Waals surface area contributed by atoms with Crippen LogP contribution in [-0.2, 0) is 0 Å². The van der Waals surface area contributed by atoms with E-state index < -0.39 is 0 Å². The van der Waals surface area contributed by atoms with Crippen molar-refractivity contribution in [3.8, 4) is 0 Å². The van der Waals surface area contributed by atoms with Gasteiger partial charge in [0, 0.05) is 0 Å². The molecule has 0 heteroatoms. The van der Waals surface area contributed by atoms with Crippen LogP contribution in [0.3, 0.4) is 0 Å². The summed E-state index contributed by atoms with van der Waals surface area (Å²) in [6, 6.07) is 0. The summed E-state index contributed by atoms with van der Waals surface area (Å²) in [5.41, 5.74) is 0. The molecule has 0 heterocycles. The van der Waals surface area contributed by atoms with Gasteiger partial charge in [-0.1, -0.05) is 32.1 Å². The Hall–Kier alpha value is -0.520. The average Bonchev–Trinajstić information content (AvgIpc) is 1.87. The Morgan fingerprint density at radius 2 is 2.00 bits per heavy atom. The molecular formula is C10H18. The second kappa shape index (κ2) is 5.28. The van der Waals surface area contributed by atoms with Crippen molar-refractivity contribution < 1.29 is 0 Å². The largest absolute Gasteiger partial charge is 0.103 e. The van der Waals surface area contributed by atoms with Crippen LogP contribution in [0.25, 0.3) is 0 Å². The lowest BCUT2D eigenvalue weighted by Gasteiger charge is -2.13. The van der Waals surface area contributed by atoms with Crippen molar-refractivity contribution in [2.75, 3.05) is 0 Å². The van der Waals surface area contributed by atoms with Gasteiger partial charge in [0.25, 0.3) is 0 Å². The SMILES string of the molecule is C=CC[C@H](/C=C/C)C(C)C. The molecule has 0 aromatic rings. The fourth-order valence-corrected chi connectivity index (χ4v) is 1.01. The molecule has 0 aliphatic rings. The summed E-state index contributed by atoms with van der Waals surface area (Å²) in [6.07, 6.45) is 7.47. The van der Waals surface area contributed by atoms with Gasteiger partial charge >= 0.3 is 0 Å². The van der Waals surface area contributed by atoms with Crippen LogP contribution in [0.4, 0.5) is 0 Å². The molecule has 0 rings (SSSR count). The summed E-state index contributed by atoms with van der Waals surface area (Å²) in [6.45, 7) is 10.3. The van der Waals surface area contributed by atoms with Crippen LogP contribution in [0.15, 0.2) is 24.8 Å². The maximum absolute atomic E-state index is 3.73. The van der Waals surface area contributed by atoms with Gasteiger partial charge in [0.1, 0.15) is 0 Å². The summed E-state index contributed by atoms with van der Waals surface area (Å²) >= 11 is 0. The van der Waals surface area contributed by atoms with Crippen LogP contribution in [0.1, 0.15) is 27.2 Å². The molecule has 0 unspecified atom stereocenters. The maximum Gasteiger partial charge on any atom is -0.0176 e. The molecule has 0 amide bonds. The van der Waals surface area contributed by atoms with Crippen LogP contribution >= 0.6 is 0 Å². The van der Waals surface area contributed by atoms with Crippen molar-refractivity contribution in [3.05, 3.63) is 24.8 Å². The molecule has 0 aromatic carbocycles. The lowest BCUT2D eigenvalue weighted by Crippen LogP contribution is -2.03. The van der Waals surface area contributed by atoms with Gasteiger partial charge in [-0.2, -0.15) is 0 Å². The first-order chi connectivity index (χ1) is 4.72. The lowest BCUT2D eigenvalue weighted by molar-refractivity contribution is 0.470. The first-order valence-corrected chi connectivity index (χ1v) is 3.96. The van der Waals surface area contributed by atoms with Crippen molar-refractivity contribution in [1.29, 1.82) is 0 Å². The van der Waals surface area contributed by atoms with Crippen molar-refractivity contribution in [2.45, 2.75) is 27.2 Å². The fourth-order valence-electron chi connectivity index (χ4n) is 1.01. The van der Waals surface area contributed by atoms with Gasteiger partial charge in [0.05, 0.1) is 0 Å². The highest BCUT2D eigenvalue weighted by molar-refractivity contribution is 4.90. The highest BCUT2D eigenvalue weighted by Gasteiger charge is 2.05.